The minimum atomic E-state index is 0.0506. The Balaban J connectivity index is 2.05. The molecule has 0 spiro atoms. The molecule has 0 atom stereocenters. The van der Waals surface area contributed by atoms with Gasteiger partial charge in [0.1, 0.15) is 0 Å². The molecule has 104 valence electrons. The third kappa shape index (κ3) is 3.61. The number of fused-ring (bicyclic) bond motifs is 1. The van der Waals surface area contributed by atoms with Crippen LogP contribution in [0.3, 0.4) is 0 Å². The Morgan fingerprint density at radius 1 is 1.32 bits per heavy atom. The highest BCUT2D eigenvalue weighted by Crippen LogP contribution is 2.30. The molecule has 1 aliphatic heterocycles. The Morgan fingerprint density at radius 3 is 2.79 bits per heavy atom. The molecule has 0 unspecified atom stereocenters. The fourth-order valence-electron chi connectivity index (χ4n) is 1.98. The average molecular weight is 264 g/mol. The molecule has 0 bridgehead atoms. The summed E-state index contributed by atoms with van der Waals surface area (Å²) in [5, 5.41) is 0. The van der Waals surface area contributed by atoms with E-state index in [0.717, 1.165) is 23.5 Å². The van der Waals surface area contributed by atoms with Crippen molar-refractivity contribution < 1.29 is 14.3 Å². The lowest BCUT2D eigenvalue weighted by atomic mass is 10.2. The van der Waals surface area contributed by atoms with Gasteiger partial charge in [-0.3, -0.25) is 4.79 Å². The number of nitrogens with zero attached hydrogens (tertiary/aromatic N) is 1. The highest BCUT2D eigenvalue weighted by molar-refractivity contribution is 5.76. The molecular formula is C14H20N2O3. The van der Waals surface area contributed by atoms with Crippen molar-refractivity contribution in [1.29, 1.82) is 0 Å². The molecule has 0 saturated heterocycles. The standard InChI is InChI=1S/C14H20N2O3/c1-16(14(17)5-6-15)10-11-3-4-12-13(9-11)19-8-2-7-18-12/h3-4,9H,2,5-8,10,15H2,1H3. The fourth-order valence-corrected chi connectivity index (χ4v) is 1.98. The zero-order valence-corrected chi connectivity index (χ0v) is 11.2. The summed E-state index contributed by atoms with van der Waals surface area (Å²) < 4.78 is 11.2. The number of hydrogen-bond acceptors (Lipinski definition) is 4. The second-order valence-corrected chi connectivity index (χ2v) is 4.62. The minimum absolute atomic E-state index is 0.0506. The summed E-state index contributed by atoms with van der Waals surface area (Å²) in [7, 11) is 1.78. The van der Waals surface area contributed by atoms with E-state index in [-0.39, 0.29) is 5.91 Å². The predicted molar refractivity (Wildman–Crippen MR) is 72.2 cm³/mol. The Hall–Kier alpha value is -1.75. The zero-order chi connectivity index (χ0) is 13.7. The third-order valence-corrected chi connectivity index (χ3v) is 3.02. The minimum Gasteiger partial charge on any atom is -0.490 e. The SMILES string of the molecule is CN(Cc1ccc2c(c1)OCCCO2)C(=O)CCN. The lowest BCUT2D eigenvalue weighted by molar-refractivity contribution is -0.130. The first kappa shape index (κ1) is 13.7. The Kier molecular flexibility index (Phi) is 4.63. The number of rotatable bonds is 4. The van der Waals surface area contributed by atoms with Gasteiger partial charge in [-0.2, -0.15) is 0 Å². The first-order chi connectivity index (χ1) is 9.20. The van der Waals surface area contributed by atoms with Crippen molar-refractivity contribution in [1.82, 2.24) is 4.90 Å². The normalized spacial score (nSPS) is 13.8. The molecule has 1 heterocycles. The molecule has 0 radical (unpaired) electrons. The first-order valence-electron chi connectivity index (χ1n) is 6.53. The predicted octanol–water partition coefficient (Wildman–Crippen LogP) is 1.16. The molecule has 5 nitrogen and oxygen atoms in total. The van der Waals surface area contributed by atoms with Crippen molar-refractivity contribution >= 4 is 5.91 Å². The van der Waals surface area contributed by atoms with Crippen LogP contribution in [0.15, 0.2) is 18.2 Å². The molecule has 1 aliphatic rings. The van der Waals surface area contributed by atoms with Crippen LogP contribution in [0.5, 0.6) is 11.5 Å². The second kappa shape index (κ2) is 6.43. The molecule has 0 aliphatic carbocycles. The maximum absolute atomic E-state index is 11.7. The fraction of sp³-hybridized carbons (Fsp3) is 0.500. The number of carbonyl (C=O) groups is 1. The van der Waals surface area contributed by atoms with Crippen molar-refractivity contribution in [2.45, 2.75) is 19.4 Å². The van der Waals surface area contributed by atoms with Gasteiger partial charge in [-0.25, -0.2) is 0 Å². The van der Waals surface area contributed by atoms with Gasteiger partial charge in [0.05, 0.1) is 13.2 Å². The van der Waals surface area contributed by atoms with Crippen LogP contribution in [0.2, 0.25) is 0 Å². The molecule has 2 rings (SSSR count). The van der Waals surface area contributed by atoms with E-state index in [1.807, 2.05) is 18.2 Å². The zero-order valence-electron chi connectivity index (χ0n) is 11.2. The summed E-state index contributed by atoms with van der Waals surface area (Å²) >= 11 is 0. The van der Waals surface area contributed by atoms with Gasteiger partial charge in [-0.05, 0) is 17.7 Å². The Bertz CT molecular complexity index is 448. The van der Waals surface area contributed by atoms with E-state index in [2.05, 4.69) is 0 Å². The van der Waals surface area contributed by atoms with Crippen LogP contribution in [0.4, 0.5) is 0 Å². The second-order valence-electron chi connectivity index (χ2n) is 4.62. The van der Waals surface area contributed by atoms with Crippen LogP contribution in [0, 0.1) is 0 Å². The summed E-state index contributed by atoms with van der Waals surface area (Å²) in [6.07, 6.45) is 1.26. The van der Waals surface area contributed by atoms with E-state index >= 15 is 0 Å². The van der Waals surface area contributed by atoms with Crippen LogP contribution in [-0.2, 0) is 11.3 Å². The molecular weight excluding hydrogens is 244 g/mol. The van der Waals surface area contributed by atoms with Crippen LogP contribution < -0.4 is 15.2 Å². The van der Waals surface area contributed by atoms with E-state index in [0.29, 0.717) is 32.7 Å². The molecule has 1 aromatic rings. The van der Waals surface area contributed by atoms with Gasteiger partial charge >= 0.3 is 0 Å². The maximum atomic E-state index is 11.7. The number of amides is 1. The quantitative estimate of drug-likeness (QED) is 0.886. The van der Waals surface area contributed by atoms with Gasteiger partial charge in [0.15, 0.2) is 11.5 Å². The van der Waals surface area contributed by atoms with Crippen molar-refractivity contribution in [2.24, 2.45) is 5.73 Å². The number of carbonyl (C=O) groups excluding carboxylic acids is 1. The van der Waals surface area contributed by atoms with Gasteiger partial charge in [0.2, 0.25) is 5.91 Å². The summed E-state index contributed by atoms with van der Waals surface area (Å²) in [6.45, 7) is 2.28. The van der Waals surface area contributed by atoms with Crippen molar-refractivity contribution in [2.75, 3.05) is 26.8 Å². The Morgan fingerprint density at radius 2 is 2.05 bits per heavy atom. The van der Waals surface area contributed by atoms with E-state index in [4.69, 9.17) is 15.2 Å². The van der Waals surface area contributed by atoms with Gasteiger partial charge in [-0.15, -0.1) is 0 Å². The van der Waals surface area contributed by atoms with Gasteiger partial charge in [0, 0.05) is 33.0 Å². The number of ether oxygens (including phenoxy) is 2. The summed E-state index contributed by atoms with van der Waals surface area (Å²) in [5.74, 6) is 1.58. The van der Waals surface area contributed by atoms with Gasteiger partial charge in [-0.1, -0.05) is 6.07 Å². The molecule has 0 aromatic heterocycles. The summed E-state index contributed by atoms with van der Waals surface area (Å²) in [6, 6.07) is 5.80. The van der Waals surface area contributed by atoms with Crippen LogP contribution in [0.25, 0.3) is 0 Å². The highest BCUT2D eigenvalue weighted by Gasteiger charge is 2.13. The molecule has 1 amide bonds. The van der Waals surface area contributed by atoms with Crippen molar-refractivity contribution in [3.8, 4) is 11.5 Å². The molecule has 5 heteroatoms. The first-order valence-corrected chi connectivity index (χ1v) is 6.53. The van der Waals surface area contributed by atoms with E-state index in [1.54, 1.807) is 11.9 Å². The lowest BCUT2D eigenvalue weighted by Gasteiger charge is -2.18. The molecule has 19 heavy (non-hydrogen) atoms. The smallest absolute Gasteiger partial charge is 0.223 e. The summed E-state index contributed by atoms with van der Waals surface area (Å²) in [5.41, 5.74) is 6.41. The van der Waals surface area contributed by atoms with E-state index < -0.39 is 0 Å². The van der Waals surface area contributed by atoms with Crippen LogP contribution >= 0.6 is 0 Å². The summed E-state index contributed by atoms with van der Waals surface area (Å²) in [4.78, 5) is 13.4. The number of hydrogen-bond donors (Lipinski definition) is 1. The maximum Gasteiger partial charge on any atom is 0.223 e. The Labute approximate surface area is 113 Å². The topological polar surface area (TPSA) is 64.8 Å². The number of nitrogens with two attached hydrogens (primary N) is 1. The third-order valence-electron chi connectivity index (χ3n) is 3.02. The number of benzene rings is 1. The average Bonchev–Trinajstić information content (AvgIpc) is 2.63. The van der Waals surface area contributed by atoms with Crippen LogP contribution in [0.1, 0.15) is 18.4 Å². The lowest BCUT2D eigenvalue weighted by Crippen LogP contribution is -2.27. The molecule has 2 N–H and O–H groups in total. The van der Waals surface area contributed by atoms with Crippen molar-refractivity contribution in [3.63, 3.8) is 0 Å². The molecule has 0 saturated carbocycles. The van der Waals surface area contributed by atoms with Gasteiger partial charge < -0.3 is 20.1 Å². The van der Waals surface area contributed by atoms with Crippen molar-refractivity contribution in [3.05, 3.63) is 23.8 Å². The largest absolute Gasteiger partial charge is 0.490 e. The van der Waals surface area contributed by atoms with Crippen LogP contribution in [-0.4, -0.2) is 37.6 Å². The van der Waals surface area contributed by atoms with E-state index in [1.165, 1.54) is 0 Å². The van der Waals surface area contributed by atoms with Gasteiger partial charge in [0.25, 0.3) is 0 Å². The van der Waals surface area contributed by atoms with E-state index in [9.17, 15) is 4.79 Å². The monoisotopic (exact) mass is 264 g/mol. The molecule has 0 fully saturated rings. The molecule has 1 aromatic carbocycles. The highest BCUT2D eigenvalue weighted by atomic mass is 16.5.